The molecule has 5 rings (SSSR count). The van der Waals surface area contributed by atoms with E-state index < -0.39 is 16.6 Å². The smallest absolute Gasteiger partial charge is 0.261 e. The highest BCUT2D eigenvalue weighted by Gasteiger charge is 2.55. The van der Waals surface area contributed by atoms with Crippen LogP contribution in [0, 0.1) is 11.8 Å². The van der Waals surface area contributed by atoms with Crippen molar-refractivity contribution in [2.45, 2.75) is 89.4 Å². The summed E-state index contributed by atoms with van der Waals surface area (Å²) in [4.78, 5) is 0. The first-order valence-electron chi connectivity index (χ1n) is 17.1. The van der Waals surface area contributed by atoms with Gasteiger partial charge in [0.25, 0.3) is 16.6 Å². The fourth-order valence-electron chi connectivity index (χ4n) is 7.51. The molecule has 0 spiro atoms. The lowest BCUT2D eigenvalue weighted by atomic mass is 9.98. The summed E-state index contributed by atoms with van der Waals surface area (Å²) in [5.41, 5.74) is 0. The maximum absolute atomic E-state index is 7.77. The lowest BCUT2D eigenvalue weighted by Gasteiger charge is -2.50. The van der Waals surface area contributed by atoms with Crippen LogP contribution in [0.2, 0.25) is 10.1 Å². The van der Waals surface area contributed by atoms with Gasteiger partial charge in [0.2, 0.25) is 0 Å². The van der Waals surface area contributed by atoms with Crippen LogP contribution in [0.5, 0.6) is 0 Å². The Morgan fingerprint density at radius 2 is 1.02 bits per heavy atom. The van der Waals surface area contributed by atoms with Crippen molar-refractivity contribution >= 4 is 37.4 Å². The molecule has 252 valence electrons. The fourth-order valence-corrected chi connectivity index (χ4v) is 16.8. The zero-order valence-corrected chi connectivity index (χ0v) is 31.9. The van der Waals surface area contributed by atoms with Crippen LogP contribution in [0.1, 0.15) is 54.9 Å². The molecule has 48 heavy (non-hydrogen) atoms. The number of hydrogen-bond acceptors (Lipinski definition) is 4. The minimum Gasteiger partial charge on any atom is -0.405 e. The molecular formula is C42H52O4Si2. The Balaban J connectivity index is 1.64. The molecule has 0 aliphatic carbocycles. The lowest BCUT2D eigenvalue weighted by molar-refractivity contribution is -0.161. The Morgan fingerprint density at radius 1 is 0.625 bits per heavy atom. The summed E-state index contributed by atoms with van der Waals surface area (Å²) in [5, 5.41) is 4.59. The molecule has 4 nitrogen and oxygen atoms in total. The van der Waals surface area contributed by atoms with Crippen LogP contribution in [0.4, 0.5) is 0 Å². The first kappa shape index (κ1) is 36.0. The highest BCUT2D eigenvalue weighted by molar-refractivity contribution is 7.00. The van der Waals surface area contributed by atoms with Crippen molar-refractivity contribution in [3.8, 4) is 11.8 Å². The predicted octanol–water partition coefficient (Wildman–Crippen LogP) is 6.70. The monoisotopic (exact) mass is 676 g/mol. The van der Waals surface area contributed by atoms with Crippen molar-refractivity contribution in [2.24, 2.45) is 0 Å². The van der Waals surface area contributed by atoms with E-state index in [0.717, 1.165) is 0 Å². The number of hydrogen-bond donors (Lipinski definition) is 0. The van der Waals surface area contributed by atoms with Gasteiger partial charge in [-0.05, 0) is 37.7 Å². The first-order valence-corrected chi connectivity index (χ1v) is 20.9. The maximum Gasteiger partial charge on any atom is 0.261 e. The Kier molecular flexibility index (Phi) is 11.3. The maximum atomic E-state index is 7.77. The van der Waals surface area contributed by atoms with Gasteiger partial charge in [0.1, 0.15) is 12.2 Å². The highest BCUT2D eigenvalue weighted by atomic mass is 28.4. The molecule has 1 aliphatic heterocycles. The molecular weight excluding hydrogens is 625 g/mol. The number of rotatable bonds is 10. The summed E-state index contributed by atoms with van der Waals surface area (Å²) in [7, 11) is -4.01. The summed E-state index contributed by atoms with van der Waals surface area (Å²) >= 11 is 0. The minimum atomic E-state index is -2.92. The van der Waals surface area contributed by atoms with Gasteiger partial charge in [-0.2, -0.15) is 0 Å². The van der Waals surface area contributed by atoms with Crippen molar-refractivity contribution in [3.05, 3.63) is 121 Å². The van der Waals surface area contributed by atoms with Gasteiger partial charge in [-0.15, -0.1) is 5.92 Å². The predicted molar refractivity (Wildman–Crippen MR) is 204 cm³/mol. The van der Waals surface area contributed by atoms with E-state index in [1.165, 1.54) is 20.7 Å². The summed E-state index contributed by atoms with van der Waals surface area (Å²) in [6.07, 6.45) is -0.633. The van der Waals surface area contributed by atoms with Crippen LogP contribution < -0.4 is 20.7 Å². The molecule has 0 amide bonds. The fraction of sp³-hybridized carbons (Fsp3) is 0.381. The molecule has 0 unspecified atom stereocenters. The van der Waals surface area contributed by atoms with E-state index in [2.05, 4.69) is 175 Å². The minimum absolute atomic E-state index is 0.170. The van der Waals surface area contributed by atoms with Crippen LogP contribution >= 0.6 is 0 Å². The molecule has 0 aromatic heterocycles. The van der Waals surface area contributed by atoms with Crippen molar-refractivity contribution < 1.29 is 18.3 Å². The summed E-state index contributed by atoms with van der Waals surface area (Å²) < 4.78 is 28.3. The molecule has 6 heteroatoms. The van der Waals surface area contributed by atoms with Gasteiger partial charge in [-0.1, -0.05) is 169 Å². The van der Waals surface area contributed by atoms with Crippen LogP contribution in [0.3, 0.4) is 0 Å². The van der Waals surface area contributed by atoms with E-state index in [4.69, 9.17) is 18.3 Å². The van der Waals surface area contributed by atoms with Gasteiger partial charge >= 0.3 is 0 Å². The topological polar surface area (TPSA) is 36.9 Å². The number of ether oxygens (including phenoxy) is 2. The van der Waals surface area contributed by atoms with Gasteiger partial charge in [0.15, 0.2) is 0 Å². The first-order chi connectivity index (χ1) is 23.0. The zero-order valence-electron chi connectivity index (χ0n) is 29.9. The third kappa shape index (κ3) is 7.04. The zero-order chi connectivity index (χ0) is 34.4. The average molecular weight is 677 g/mol. The lowest BCUT2D eigenvalue weighted by Crippen LogP contribution is -2.70. The molecule has 1 heterocycles. The van der Waals surface area contributed by atoms with E-state index >= 15 is 0 Å². The van der Waals surface area contributed by atoms with Crippen molar-refractivity contribution in [2.75, 3.05) is 13.7 Å². The highest BCUT2D eigenvalue weighted by Crippen LogP contribution is 2.41. The van der Waals surface area contributed by atoms with Crippen LogP contribution in [0.25, 0.3) is 0 Å². The van der Waals surface area contributed by atoms with Crippen molar-refractivity contribution in [1.82, 2.24) is 0 Å². The van der Waals surface area contributed by atoms with E-state index in [0.29, 0.717) is 13.0 Å². The van der Waals surface area contributed by atoms with Gasteiger partial charge in [0, 0.05) is 13.5 Å². The Bertz CT molecular complexity index is 1560. The second kappa shape index (κ2) is 15.1. The molecule has 1 saturated heterocycles. The van der Waals surface area contributed by atoms with Crippen LogP contribution in [0.15, 0.2) is 121 Å². The summed E-state index contributed by atoms with van der Waals surface area (Å²) in [6.45, 7) is 16.1. The van der Waals surface area contributed by atoms with Gasteiger partial charge in [-0.25, -0.2) is 0 Å². The van der Waals surface area contributed by atoms with E-state index in [9.17, 15) is 0 Å². The number of methoxy groups -OCH3 is 1. The third-order valence-corrected chi connectivity index (χ3v) is 19.8. The normalized spacial score (nSPS) is 20.5. The Hall–Kier alpha value is -3.29. The Labute approximate surface area is 291 Å². The molecule has 4 atom stereocenters. The SMILES string of the molecule is CC#C[C@H]1O[C@H](CO[Si](c2ccccc2)(c2ccccc2)C(C)(C)C)[C@@H](O[Si](c2ccccc2)(c2ccccc2)C(C)(C)C)C[C@H]1OC. The van der Waals surface area contributed by atoms with Crippen LogP contribution in [-0.2, 0) is 18.3 Å². The summed E-state index contributed by atoms with van der Waals surface area (Å²) in [5.74, 6) is 6.39. The standard InChI is InChI=1S/C42H52O4Si2/c1-9-22-37-38(43-8)31-39(46-48(42(5,6)7,35-27-18-12-19-28-35)36-29-20-13-21-30-36)40(45-37)32-44-47(41(2,3)4,33-23-14-10-15-24-33)34-25-16-11-17-26-34/h10-21,23-30,37-40H,31-32H2,1-8H3/t37-,38-,39+,40-/m1/s1. The van der Waals surface area contributed by atoms with Crippen molar-refractivity contribution in [3.63, 3.8) is 0 Å². The molecule has 0 N–H and O–H groups in total. The largest absolute Gasteiger partial charge is 0.405 e. The molecule has 1 aliphatic rings. The number of benzene rings is 4. The second-order valence-corrected chi connectivity index (χ2v) is 23.4. The van der Waals surface area contributed by atoms with Gasteiger partial charge in [0.05, 0.1) is 18.8 Å². The quantitative estimate of drug-likeness (QED) is 0.138. The average Bonchev–Trinajstić information content (AvgIpc) is 3.09. The van der Waals surface area contributed by atoms with Crippen LogP contribution in [-0.4, -0.2) is 54.8 Å². The summed E-state index contributed by atoms with van der Waals surface area (Å²) in [6, 6.07) is 43.2. The Morgan fingerprint density at radius 3 is 1.38 bits per heavy atom. The molecule has 1 fully saturated rings. The molecule has 0 saturated carbocycles. The van der Waals surface area contributed by atoms with E-state index in [1.807, 2.05) is 6.92 Å². The second-order valence-electron chi connectivity index (χ2n) is 14.8. The van der Waals surface area contributed by atoms with E-state index in [1.54, 1.807) is 7.11 Å². The van der Waals surface area contributed by atoms with Crippen molar-refractivity contribution in [1.29, 1.82) is 0 Å². The molecule has 4 aromatic rings. The van der Waals surface area contributed by atoms with E-state index in [-0.39, 0.29) is 34.5 Å². The third-order valence-electron chi connectivity index (χ3n) is 9.75. The molecule has 0 radical (unpaired) electrons. The molecule has 4 aromatic carbocycles. The molecule has 0 bridgehead atoms. The van der Waals surface area contributed by atoms with Gasteiger partial charge < -0.3 is 18.3 Å². The van der Waals surface area contributed by atoms with Gasteiger partial charge in [-0.3, -0.25) is 0 Å².